The first-order valence-electron chi connectivity index (χ1n) is 9.51. The molecular formula is C21H28N4O2. The standard InChI is InChI=1S/C21H28N4O2/c1-3-19(17-8-10-22-11-9-17)23-21(26)25-14-12-24(13-15-25)16-18-6-4-5-7-20(18)27-2/h4-11,19H,3,12-16H2,1-2H3,(H,23,26)/t19-/m0/s1. The van der Waals surface area contributed by atoms with Crippen molar-refractivity contribution < 1.29 is 9.53 Å². The van der Waals surface area contributed by atoms with E-state index >= 15 is 0 Å². The Hall–Kier alpha value is -2.60. The zero-order valence-corrected chi connectivity index (χ0v) is 16.1. The molecule has 1 saturated heterocycles. The van der Waals surface area contributed by atoms with E-state index in [2.05, 4.69) is 28.2 Å². The first kappa shape index (κ1) is 19.2. The molecule has 0 aliphatic carbocycles. The van der Waals surface area contributed by atoms with Crippen LogP contribution in [0.15, 0.2) is 48.8 Å². The Morgan fingerprint density at radius 3 is 2.52 bits per heavy atom. The van der Waals surface area contributed by atoms with Crippen LogP contribution in [-0.2, 0) is 6.54 Å². The van der Waals surface area contributed by atoms with Crippen LogP contribution in [0.5, 0.6) is 5.75 Å². The molecule has 2 amide bonds. The lowest BCUT2D eigenvalue weighted by Gasteiger charge is -2.35. The average Bonchev–Trinajstić information content (AvgIpc) is 2.73. The van der Waals surface area contributed by atoms with Gasteiger partial charge in [-0.1, -0.05) is 25.1 Å². The minimum atomic E-state index is 0.00982. The Kier molecular flexibility index (Phi) is 6.65. The van der Waals surface area contributed by atoms with Crippen molar-refractivity contribution in [2.75, 3.05) is 33.3 Å². The van der Waals surface area contributed by atoms with Crippen molar-refractivity contribution in [2.45, 2.75) is 25.9 Å². The lowest BCUT2D eigenvalue weighted by atomic mass is 10.1. The van der Waals surface area contributed by atoms with Gasteiger partial charge in [0.1, 0.15) is 5.75 Å². The quantitative estimate of drug-likeness (QED) is 0.851. The van der Waals surface area contributed by atoms with Crippen molar-refractivity contribution in [2.24, 2.45) is 0 Å². The van der Waals surface area contributed by atoms with Gasteiger partial charge in [-0.3, -0.25) is 9.88 Å². The van der Waals surface area contributed by atoms with Crippen LogP contribution >= 0.6 is 0 Å². The highest BCUT2D eigenvalue weighted by molar-refractivity contribution is 5.74. The van der Waals surface area contributed by atoms with Crippen molar-refractivity contribution in [3.8, 4) is 5.75 Å². The summed E-state index contributed by atoms with van der Waals surface area (Å²) in [5, 5.41) is 3.16. The predicted octanol–water partition coefficient (Wildman–Crippen LogP) is 3.07. The summed E-state index contributed by atoms with van der Waals surface area (Å²) in [6.07, 6.45) is 4.38. The summed E-state index contributed by atoms with van der Waals surface area (Å²) in [4.78, 5) is 21.0. The van der Waals surface area contributed by atoms with Gasteiger partial charge in [0.15, 0.2) is 0 Å². The summed E-state index contributed by atoms with van der Waals surface area (Å²) in [6, 6.07) is 12.0. The molecule has 6 nitrogen and oxygen atoms in total. The molecule has 1 N–H and O–H groups in total. The summed E-state index contributed by atoms with van der Waals surface area (Å²) in [5.74, 6) is 0.917. The summed E-state index contributed by atoms with van der Waals surface area (Å²) in [5.41, 5.74) is 2.28. The minimum absolute atomic E-state index is 0.00982. The van der Waals surface area contributed by atoms with Crippen molar-refractivity contribution >= 4 is 6.03 Å². The molecule has 0 unspecified atom stereocenters. The number of nitrogens with one attached hydrogen (secondary N) is 1. The number of urea groups is 1. The Bertz CT molecular complexity index is 730. The van der Waals surface area contributed by atoms with Gasteiger partial charge in [-0.25, -0.2) is 4.79 Å². The van der Waals surface area contributed by atoms with Crippen LogP contribution in [0.3, 0.4) is 0 Å². The normalized spacial score (nSPS) is 16.0. The van der Waals surface area contributed by atoms with Crippen LogP contribution in [-0.4, -0.2) is 54.1 Å². The molecule has 2 heterocycles. The third kappa shape index (κ3) is 4.98. The maximum Gasteiger partial charge on any atom is 0.317 e. The SMILES string of the molecule is CC[C@H](NC(=O)N1CCN(Cc2ccccc2OC)CC1)c1ccncc1. The fraction of sp³-hybridized carbons (Fsp3) is 0.429. The smallest absolute Gasteiger partial charge is 0.317 e. The maximum atomic E-state index is 12.7. The number of piperazine rings is 1. The molecule has 0 radical (unpaired) electrons. The third-order valence-electron chi connectivity index (χ3n) is 5.06. The van der Waals surface area contributed by atoms with Crippen molar-refractivity contribution in [3.63, 3.8) is 0 Å². The number of hydrogen-bond donors (Lipinski definition) is 1. The van der Waals surface area contributed by atoms with Crippen molar-refractivity contribution in [3.05, 3.63) is 59.9 Å². The fourth-order valence-corrected chi connectivity index (χ4v) is 3.44. The second-order valence-corrected chi connectivity index (χ2v) is 6.77. The molecule has 0 bridgehead atoms. The molecule has 1 aromatic carbocycles. The molecule has 0 spiro atoms. The molecule has 6 heteroatoms. The number of ether oxygens (including phenoxy) is 1. The number of nitrogens with zero attached hydrogens (tertiary/aromatic N) is 3. The van der Waals surface area contributed by atoms with Crippen molar-refractivity contribution in [1.29, 1.82) is 0 Å². The van der Waals surface area contributed by atoms with E-state index in [1.54, 1.807) is 19.5 Å². The van der Waals surface area contributed by atoms with Gasteiger partial charge in [-0.2, -0.15) is 0 Å². The van der Waals surface area contributed by atoms with E-state index in [0.717, 1.165) is 50.5 Å². The first-order chi connectivity index (χ1) is 13.2. The molecule has 1 aromatic heterocycles. The van der Waals surface area contributed by atoms with Crippen LogP contribution in [0.4, 0.5) is 4.79 Å². The van der Waals surface area contributed by atoms with Crippen LogP contribution in [0, 0.1) is 0 Å². The lowest BCUT2D eigenvalue weighted by Crippen LogP contribution is -2.51. The number of pyridine rings is 1. The van der Waals surface area contributed by atoms with Gasteiger partial charge in [0, 0.05) is 50.7 Å². The Morgan fingerprint density at radius 1 is 1.15 bits per heavy atom. The molecule has 3 rings (SSSR count). The monoisotopic (exact) mass is 368 g/mol. The van der Waals surface area contributed by atoms with Gasteiger partial charge >= 0.3 is 6.03 Å². The number of carbonyl (C=O) groups excluding carboxylic acids is 1. The topological polar surface area (TPSA) is 57.7 Å². The van der Waals surface area contributed by atoms with Crippen LogP contribution in [0.2, 0.25) is 0 Å². The number of amides is 2. The molecule has 1 fully saturated rings. The van der Waals surface area contributed by atoms with E-state index in [0.29, 0.717) is 0 Å². The van der Waals surface area contributed by atoms with Gasteiger partial charge < -0.3 is 15.0 Å². The third-order valence-corrected chi connectivity index (χ3v) is 5.06. The highest BCUT2D eigenvalue weighted by atomic mass is 16.5. The molecule has 27 heavy (non-hydrogen) atoms. The number of para-hydroxylation sites is 1. The highest BCUT2D eigenvalue weighted by Gasteiger charge is 2.23. The zero-order valence-electron chi connectivity index (χ0n) is 16.1. The largest absolute Gasteiger partial charge is 0.496 e. The van der Waals surface area contributed by atoms with E-state index < -0.39 is 0 Å². The number of carbonyl (C=O) groups is 1. The number of aromatic nitrogens is 1. The van der Waals surface area contributed by atoms with Crippen LogP contribution in [0.1, 0.15) is 30.5 Å². The molecule has 2 aromatic rings. The van der Waals surface area contributed by atoms with E-state index in [9.17, 15) is 4.79 Å². The van der Waals surface area contributed by atoms with Crippen LogP contribution < -0.4 is 10.1 Å². The molecule has 144 valence electrons. The lowest BCUT2D eigenvalue weighted by molar-refractivity contribution is 0.132. The summed E-state index contributed by atoms with van der Waals surface area (Å²) >= 11 is 0. The highest BCUT2D eigenvalue weighted by Crippen LogP contribution is 2.20. The van der Waals surface area contributed by atoms with E-state index in [4.69, 9.17) is 4.74 Å². The number of hydrogen-bond acceptors (Lipinski definition) is 4. The first-order valence-corrected chi connectivity index (χ1v) is 9.51. The molecule has 1 atom stereocenters. The number of rotatable bonds is 6. The molecule has 1 aliphatic heterocycles. The second kappa shape index (κ2) is 9.37. The minimum Gasteiger partial charge on any atom is -0.496 e. The van der Waals surface area contributed by atoms with E-state index in [1.165, 1.54) is 5.56 Å². The Morgan fingerprint density at radius 2 is 1.85 bits per heavy atom. The molecular weight excluding hydrogens is 340 g/mol. The van der Waals surface area contributed by atoms with Crippen molar-refractivity contribution in [1.82, 2.24) is 20.1 Å². The Balaban J connectivity index is 1.52. The van der Waals surface area contributed by atoms with E-state index in [1.807, 2.05) is 35.2 Å². The van der Waals surface area contributed by atoms with Crippen LogP contribution in [0.25, 0.3) is 0 Å². The average molecular weight is 368 g/mol. The number of methoxy groups -OCH3 is 1. The van der Waals surface area contributed by atoms with Gasteiger partial charge in [-0.05, 0) is 30.2 Å². The van der Waals surface area contributed by atoms with Gasteiger partial charge in [0.2, 0.25) is 0 Å². The van der Waals surface area contributed by atoms with Gasteiger partial charge in [-0.15, -0.1) is 0 Å². The second-order valence-electron chi connectivity index (χ2n) is 6.77. The van der Waals surface area contributed by atoms with E-state index in [-0.39, 0.29) is 12.1 Å². The zero-order chi connectivity index (χ0) is 19.1. The maximum absolute atomic E-state index is 12.7. The van der Waals surface area contributed by atoms with Gasteiger partial charge in [0.25, 0.3) is 0 Å². The molecule has 1 aliphatic rings. The number of benzene rings is 1. The molecule has 0 saturated carbocycles. The summed E-state index contributed by atoms with van der Waals surface area (Å²) < 4.78 is 5.44. The van der Waals surface area contributed by atoms with Gasteiger partial charge in [0.05, 0.1) is 13.2 Å². The Labute approximate surface area is 161 Å². The fourth-order valence-electron chi connectivity index (χ4n) is 3.44. The predicted molar refractivity (Wildman–Crippen MR) is 106 cm³/mol. The summed E-state index contributed by atoms with van der Waals surface area (Å²) in [7, 11) is 1.70. The summed E-state index contributed by atoms with van der Waals surface area (Å²) in [6.45, 7) is 6.10.